The summed E-state index contributed by atoms with van der Waals surface area (Å²) in [5.41, 5.74) is 0. The van der Waals surface area contributed by atoms with E-state index >= 15 is 0 Å². The summed E-state index contributed by atoms with van der Waals surface area (Å²) in [6.07, 6.45) is -0.993. The van der Waals surface area contributed by atoms with Gasteiger partial charge in [-0.3, -0.25) is 4.79 Å². The van der Waals surface area contributed by atoms with Crippen molar-refractivity contribution in [3.63, 3.8) is 0 Å². The van der Waals surface area contributed by atoms with Crippen LogP contribution in [0.25, 0.3) is 0 Å². The van der Waals surface area contributed by atoms with Crippen molar-refractivity contribution in [3.05, 3.63) is 0 Å². The number of methoxy groups -OCH3 is 1. The number of aliphatic carboxylic acids is 1. The molecule has 1 amide bonds. The maximum absolute atomic E-state index is 11.2. The maximum atomic E-state index is 11.2. The Kier molecular flexibility index (Phi) is 6.64. The Hall–Kier alpha value is -1.14. The number of carboxylic acids is 1. The number of nitrogens with one attached hydrogen (secondary N) is 2. The van der Waals surface area contributed by atoms with Crippen LogP contribution in [0.2, 0.25) is 0 Å². The van der Waals surface area contributed by atoms with Gasteiger partial charge in [0.25, 0.3) is 0 Å². The molecule has 1 atom stereocenters. The van der Waals surface area contributed by atoms with Crippen LogP contribution in [0, 0.1) is 0 Å². The zero-order valence-electron chi connectivity index (χ0n) is 9.24. The zero-order chi connectivity index (χ0) is 11.8. The van der Waals surface area contributed by atoms with Gasteiger partial charge >= 0.3 is 5.97 Å². The Morgan fingerprint density at radius 2 is 2.00 bits per heavy atom. The summed E-state index contributed by atoms with van der Waals surface area (Å²) < 4.78 is 4.65. The van der Waals surface area contributed by atoms with E-state index in [1.165, 1.54) is 7.11 Å². The topological polar surface area (TPSA) is 87.7 Å². The molecule has 0 aromatic rings. The number of hydrogen-bond donors (Lipinski definition) is 3. The molecule has 15 heavy (non-hydrogen) atoms. The summed E-state index contributed by atoms with van der Waals surface area (Å²) in [7, 11) is 1.29. The van der Waals surface area contributed by atoms with Crippen molar-refractivity contribution in [2.75, 3.05) is 20.2 Å². The standard InChI is InChI=1S/C9H18N2O4/c1-6(2)10-5-8(12)11-4-7(15-3)9(13)14/h6-7,10H,4-5H2,1-3H3,(H,11,12)(H,13,14). The lowest BCUT2D eigenvalue weighted by atomic mass is 10.3. The normalized spacial score (nSPS) is 12.5. The molecule has 0 rings (SSSR count). The van der Waals surface area contributed by atoms with E-state index in [0.717, 1.165) is 0 Å². The highest BCUT2D eigenvalue weighted by Gasteiger charge is 2.16. The van der Waals surface area contributed by atoms with Crippen LogP contribution in [0.15, 0.2) is 0 Å². The molecular formula is C9H18N2O4. The zero-order valence-corrected chi connectivity index (χ0v) is 9.24. The fraction of sp³-hybridized carbons (Fsp3) is 0.778. The Bertz CT molecular complexity index is 218. The van der Waals surface area contributed by atoms with Gasteiger partial charge in [-0.15, -0.1) is 0 Å². The molecule has 0 radical (unpaired) electrons. The quantitative estimate of drug-likeness (QED) is 0.520. The molecule has 0 saturated heterocycles. The first kappa shape index (κ1) is 13.9. The lowest BCUT2D eigenvalue weighted by molar-refractivity contribution is -0.148. The Morgan fingerprint density at radius 1 is 1.40 bits per heavy atom. The summed E-state index contributed by atoms with van der Waals surface area (Å²) in [6.45, 7) is 3.99. The van der Waals surface area contributed by atoms with Crippen LogP contribution in [-0.4, -0.2) is 49.3 Å². The van der Waals surface area contributed by atoms with Gasteiger partial charge in [-0.05, 0) is 0 Å². The highest BCUT2D eigenvalue weighted by atomic mass is 16.5. The number of carboxylic acid groups (broad SMARTS) is 1. The second kappa shape index (κ2) is 7.19. The van der Waals surface area contributed by atoms with E-state index in [4.69, 9.17) is 5.11 Å². The summed E-state index contributed by atoms with van der Waals surface area (Å²) >= 11 is 0. The summed E-state index contributed by atoms with van der Waals surface area (Å²) in [5, 5.41) is 14.0. The molecule has 0 aliphatic carbocycles. The first-order valence-corrected chi connectivity index (χ1v) is 4.73. The molecule has 0 aromatic carbocycles. The van der Waals surface area contributed by atoms with Gasteiger partial charge in [-0.25, -0.2) is 4.79 Å². The van der Waals surface area contributed by atoms with Crippen LogP contribution in [0.1, 0.15) is 13.8 Å². The maximum Gasteiger partial charge on any atom is 0.334 e. The van der Waals surface area contributed by atoms with Gasteiger partial charge in [0.05, 0.1) is 13.1 Å². The molecule has 3 N–H and O–H groups in total. The molecule has 88 valence electrons. The highest BCUT2D eigenvalue weighted by molar-refractivity contribution is 5.79. The fourth-order valence-corrected chi connectivity index (χ4v) is 0.837. The lowest BCUT2D eigenvalue weighted by Gasteiger charge is -2.12. The lowest BCUT2D eigenvalue weighted by Crippen LogP contribution is -2.42. The number of amides is 1. The third-order valence-corrected chi connectivity index (χ3v) is 1.72. The second-order valence-corrected chi connectivity index (χ2v) is 3.40. The van der Waals surface area contributed by atoms with Crippen molar-refractivity contribution in [1.82, 2.24) is 10.6 Å². The van der Waals surface area contributed by atoms with Crippen LogP contribution in [0.5, 0.6) is 0 Å². The number of carbonyl (C=O) groups is 2. The highest BCUT2D eigenvalue weighted by Crippen LogP contribution is 1.87. The molecule has 0 aromatic heterocycles. The van der Waals surface area contributed by atoms with Gasteiger partial charge in [0, 0.05) is 13.2 Å². The smallest absolute Gasteiger partial charge is 0.334 e. The molecule has 0 heterocycles. The van der Waals surface area contributed by atoms with E-state index in [1.54, 1.807) is 0 Å². The van der Waals surface area contributed by atoms with Crippen molar-refractivity contribution < 1.29 is 19.4 Å². The van der Waals surface area contributed by atoms with E-state index in [0.29, 0.717) is 0 Å². The van der Waals surface area contributed by atoms with Crippen LogP contribution in [-0.2, 0) is 14.3 Å². The molecule has 0 spiro atoms. The average Bonchev–Trinajstić information content (AvgIpc) is 2.15. The Balaban J connectivity index is 3.74. The summed E-state index contributed by atoms with van der Waals surface area (Å²) in [6, 6.07) is 0.216. The average molecular weight is 218 g/mol. The van der Waals surface area contributed by atoms with E-state index in [1.807, 2.05) is 13.8 Å². The van der Waals surface area contributed by atoms with E-state index in [2.05, 4.69) is 15.4 Å². The van der Waals surface area contributed by atoms with Crippen LogP contribution in [0.3, 0.4) is 0 Å². The monoisotopic (exact) mass is 218 g/mol. The first-order valence-electron chi connectivity index (χ1n) is 4.73. The van der Waals surface area contributed by atoms with Crippen LogP contribution >= 0.6 is 0 Å². The predicted octanol–water partition coefficient (Wildman–Crippen LogP) is -0.800. The number of hydrogen-bond acceptors (Lipinski definition) is 4. The molecule has 6 heteroatoms. The number of ether oxygens (including phenoxy) is 1. The van der Waals surface area contributed by atoms with Crippen LogP contribution in [0.4, 0.5) is 0 Å². The van der Waals surface area contributed by atoms with Gasteiger partial charge in [0.1, 0.15) is 0 Å². The minimum absolute atomic E-state index is 0.0234. The third-order valence-electron chi connectivity index (χ3n) is 1.72. The van der Waals surface area contributed by atoms with Gasteiger partial charge in [0.15, 0.2) is 6.10 Å². The predicted molar refractivity (Wildman–Crippen MR) is 54.6 cm³/mol. The number of rotatable bonds is 7. The van der Waals surface area contributed by atoms with E-state index < -0.39 is 12.1 Å². The fourth-order valence-electron chi connectivity index (χ4n) is 0.837. The van der Waals surface area contributed by atoms with E-state index in [-0.39, 0.29) is 25.0 Å². The molecule has 0 aliphatic rings. The minimum Gasteiger partial charge on any atom is -0.479 e. The van der Waals surface area contributed by atoms with Crippen molar-refractivity contribution in [2.45, 2.75) is 26.0 Å². The summed E-state index contributed by atoms with van der Waals surface area (Å²) in [5.74, 6) is -1.33. The van der Waals surface area contributed by atoms with E-state index in [9.17, 15) is 9.59 Å². The van der Waals surface area contributed by atoms with Gasteiger partial charge in [-0.2, -0.15) is 0 Å². The van der Waals surface area contributed by atoms with Gasteiger partial charge in [0.2, 0.25) is 5.91 Å². The summed E-state index contributed by atoms with van der Waals surface area (Å²) in [4.78, 5) is 21.7. The third kappa shape index (κ3) is 6.87. The Morgan fingerprint density at radius 3 is 2.40 bits per heavy atom. The largest absolute Gasteiger partial charge is 0.479 e. The van der Waals surface area contributed by atoms with Gasteiger partial charge < -0.3 is 20.5 Å². The molecule has 0 bridgehead atoms. The first-order chi connectivity index (χ1) is 6.97. The molecule has 0 fully saturated rings. The minimum atomic E-state index is -1.09. The van der Waals surface area contributed by atoms with Crippen molar-refractivity contribution in [2.24, 2.45) is 0 Å². The molecular weight excluding hydrogens is 200 g/mol. The van der Waals surface area contributed by atoms with Crippen molar-refractivity contribution >= 4 is 11.9 Å². The SMILES string of the molecule is COC(CNC(=O)CNC(C)C)C(=O)O. The molecule has 6 nitrogen and oxygen atoms in total. The molecule has 0 saturated carbocycles. The van der Waals surface area contributed by atoms with Crippen molar-refractivity contribution in [3.8, 4) is 0 Å². The van der Waals surface area contributed by atoms with Crippen molar-refractivity contribution in [1.29, 1.82) is 0 Å². The molecule has 1 unspecified atom stereocenters. The molecule has 0 aliphatic heterocycles. The number of carbonyl (C=O) groups excluding carboxylic acids is 1. The van der Waals surface area contributed by atoms with Crippen LogP contribution < -0.4 is 10.6 Å². The Labute approximate surface area is 89.0 Å². The second-order valence-electron chi connectivity index (χ2n) is 3.40. The van der Waals surface area contributed by atoms with Gasteiger partial charge in [-0.1, -0.05) is 13.8 Å².